The summed E-state index contributed by atoms with van der Waals surface area (Å²) in [6.45, 7) is 0. The fourth-order valence-electron chi connectivity index (χ4n) is 2.04. The van der Waals surface area contributed by atoms with Gasteiger partial charge in [0, 0.05) is 17.6 Å². The van der Waals surface area contributed by atoms with Gasteiger partial charge in [-0.25, -0.2) is 4.79 Å². The number of carboxylic acid groups (broad SMARTS) is 1. The molecule has 4 heteroatoms. The Bertz CT molecular complexity index is 581. The molecule has 2 aromatic rings. The van der Waals surface area contributed by atoms with E-state index in [9.17, 15) is 9.90 Å². The Kier molecular flexibility index (Phi) is 1.74. The summed E-state index contributed by atoms with van der Waals surface area (Å²) in [5.41, 5.74) is 0.936. The molecule has 4 nitrogen and oxygen atoms in total. The standard InChI is InChI=1S/C12H11NO3/c14-11-6-7(12(15)16)5-10-9(11)3-4-13(10)8-1-2-8/h3-6,8,14H,1-2H2,(H,15,16). The van der Waals surface area contributed by atoms with Crippen molar-refractivity contribution in [3.63, 3.8) is 0 Å². The molecular weight excluding hydrogens is 206 g/mol. The first-order chi connectivity index (χ1) is 7.66. The van der Waals surface area contributed by atoms with Crippen molar-refractivity contribution in [2.75, 3.05) is 0 Å². The van der Waals surface area contributed by atoms with Gasteiger partial charge in [0.05, 0.1) is 11.1 Å². The van der Waals surface area contributed by atoms with Crippen molar-refractivity contribution in [2.24, 2.45) is 0 Å². The number of carbonyl (C=O) groups is 1. The van der Waals surface area contributed by atoms with Crippen molar-refractivity contribution in [3.8, 4) is 5.75 Å². The van der Waals surface area contributed by atoms with Crippen LogP contribution in [0.3, 0.4) is 0 Å². The highest BCUT2D eigenvalue weighted by Crippen LogP contribution is 2.39. The number of carboxylic acids is 1. The molecule has 1 saturated carbocycles. The van der Waals surface area contributed by atoms with Crippen molar-refractivity contribution in [1.29, 1.82) is 0 Å². The summed E-state index contributed by atoms with van der Waals surface area (Å²) in [5.74, 6) is -0.977. The Morgan fingerprint density at radius 1 is 1.38 bits per heavy atom. The molecule has 0 amide bonds. The number of benzene rings is 1. The number of rotatable bonds is 2. The van der Waals surface area contributed by atoms with Crippen LogP contribution in [0.15, 0.2) is 24.4 Å². The molecule has 0 unspecified atom stereocenters. The molecule has 82 valence electrons. The Morgan fingerprint density at radius 3 is 2.75 bits per heavy atom. The minimum Gasteiger partial charge on any atom is -0.507 e. The van der Waals surface area contributed by atoms with Gasteiger partial charge in [-0.05, 0) is 31.0 Å². The summed E-state index contributed by atoms with van der Waals surface area (Å²) >= 11 is 0. The highest BCUT2D eigenvalue weighted by atomic mass is 16.4. The minimum absolute atomic E-state index is 0.0364. The highest BCUT2D eigenvalue weighted by Gasteiger charge is 2.25. The molecule has 16 heavy (non-hydrogen) atoms. The van der Waals surface area contributed by atoms with Gasteiger partial charge in [-0.2, -0.15) is 0 Å². The van der Waals surface area contributed by atoms with Gasteiger partial charge < -0.3 is 14.8 Å². The number of phenolic OH excluding ortho intramolecular Hbond substituents is 1. The second kappa shape index (κ2) is 3.01. The Labute approximate surface area is 91.7 Å². The first-order valence-corrected chi connectivity index (χ1v) is 5.23. The number of nitrogens with zero attached hydrogens (tertiary/aromatic N) is 1. The van der Waals surface area contributed by atoms with Crippen molar-refractivity contribution in [3.05, 3.63) is 30.0 Å². The van der Waals surface area contributed by atoms with Crippen molar-refractivity contribution < 1.29 is 15.0 Å². The van der Waals surface area contributed by atoms with Gasteiger partial charge in [-0.3, -0.25) is 0 Å². The maximum Gasteiger partial charge on any atom is 0.335 e. The third-order valence-corrected chi connectivity index (χ3v) is 3.00. The maximum atomic E-state index is 10.9. The van der Waals surface area contributed by atoms with E-state index in [1.165, 1.54) is 6.07 Å². The van der Waals surface area contributed by atoms with E-state index >= 15 is 0 Å². The second-order valence-corrected chi connectivity index (χ2v) is 4.19. The van der Waals surface area contributed by atoms with Gasteiger partial charge in [-0.15, -0.1) is 0 Å². The minimum atomic E-state index is -1.01. The number of hydrogen-bond donors (Lipinski definition) is 2. The van der Waals surface area contributed by atoms with Gasteiger partial charge in [0.15, 0.2) is 0 Å². The summed E-state index contributed by atoms with van der Waals surface area (Å²) in [6.07, 6.45) is 4.16. The first kappa shape index (κ1) is 9.27. The number of aromatic hydroxyl groups is 1. The average molecular weight is 217 g/mol. The highest BCUT2D eigenvalue weighted by molar-refractivity contribution is 5.96. The van der Waals surface area contributed by atoms with Crippen LogP contribution < -0.4 is 0 Å². The lowest BCUT2D eigenvalue weighted by Gasteiger charge is -2.04. The van der Waals surface area contributed by atoms with Gasteiger partial charge >= 0.3 is 5.97 Å². The van der Waals surface area contributed by atoms with E-state index in [1.807, 2.05) is 16.8 Å². The molecular formula is C12H11NO3. The summed E-state index contributed by atoms with van der Waals surface area (Å²) in [4.78, 5) is 10.9. The molecule has 1 aliphatic rings. The number of aromatic carboxylic acids is 1. The Morgan fingerprint density at radius 2 is 2.12 bits per heavy atom. The molecule has 0 atom stereocenters. The molecule has 0 radical (unpaired) electrons. The zero-order chi connectivity index (χ0) is 11.3. The van der Waals surface area contributed by atoms with E-state index in [0.717, 1.165) is 23.7 Å². The van der Waals surface area contributed by atoms with Crippen LogP contribution in [0, 0.1) is 0 Å². The van der Waals surface area contributed by atoms with Crippen LogP contribution in [0.25, 0.3) is 10.9 Å². The summed E-state index contributed by atoms with van der Waals surface area (Å²) in [5, 5.41) is 19.4. The van der Waals surface area contributed by atoms with Gasteiger partial charge in [0.2, 0.25) is 0 Å². The predicted molar refractivity (Wildman–Crippen MR) is 58.8 cm³/mol. The van der Waals surface area contributed by atoms with E-state index in [4.69, 9.17) is 5.11 Å². The lowest BCUT2D eigenvalue weighted by atomic mass is 10.1. The first-order valence-electron chi connectivity index (χ1n) is 5.23. The van der Waals surface area contributed by atoms with Crippen molar-refractivity contribution >= 4 is 16.9 Å². The summed E-state index contributed by atoms with van der Waals surface area (Å²) in [6, 6.07) is 5.22. The van der Waals surface area contributed by atoms with E-state index in [-0.39, 0.29) is 11.3 Å². The van der Waals surface area contributed by atoms with Crippen LogP contribution >= 0.6 is 0 Å². The lowest BCUT2D eigenvalue weighted by Crippen LogP contribution is -1.97. The fourth-order valence-corrected chi connectivity index (χ4v) is 2.04. The van der Waals surface area contributed by atoms with Crippen molar-refractivity contribution in [2.45, 2.75) is 18.9 Å². The van der Waals surface area contributed by atoms with Gasteiger partial charge in [-0.1, -0.05) is 0 Å². The SMILES string of the molecule is O=C(O)c1cc(O)c2ccn(C3CC3)c2c1. The van der Waals surface area contributed by atoms with Crippen LogP contribution in [0.5, 0.6) is 5.75 Å². The molecule has 1 aromatic carbocycles. The normalized spacial score (nSPS) is 15.5. The maximum absolute atomic E-state index is 10.9. The molecule has 1 heterocycles. The topological polar surface area (TPSA) is 62.5 Å². The number of hydrogen-bond acceptors (Lipinski definition) is 2. The van der Waals surface area contributed by atoms with Gasteiger partial charge in [0.1, 0.15) is 5.75 Å². The molecule has 1 fully saturated rings. The molecule has 0 bridgehead atoms. The molecule has 1 aromatic heterocycles. The van der Waals surface area contributed by atoms with Crippen LogP contribution in [0.2, 0.25) is 0 Å². The van der Waals surface area contributed by atoms with E-state index in [1.54, 1.807) is 6.07 Å². The van der Waals surface area contributed by atoms with Gasteiger partial charge in [0.25, 0.3) is 0 Å². The third kappa shape index (κ3) is 1.26. The van der Waals surface area contributed by atoms with Crippen molar-refractivity contribution in [1.82, 2.24) is 4.57 Å². The zero-order valence-corrected chi connectivity index (χ0v) is 8.55. The van der Waals surface area contributed by atoms with Crippen LogP contribution in [0.1, 0.15) is 29.2 Å². The van der Waals surface area contributed by atoms with Crippen LogP contribution in [0.4, 0.5) is 0 Å². The molecule has 3 rings (SSSR count). The molecule has 0 aliphatic heterocycles. The molecule has 1 aliphatic carbocycles. The zero-order valence-electron chi connectivity index (χ0n) is 8.55. The van der Waals surface area contributed by atoms with Crippen LogP contribution in [-0.4, -0.2) is 20.7 Å². The van der Waals surface area contributed by atoms with E-state index in [0.29, 0.717) is 6.04 Å². The number of aromatic nitrogens is 1. The quantitative estimate of drug-likeness (QED) is 0.811. The Hall–Kier alpha value is -1.97. The monoisotopic (exact) mass is 217 g/mol. The predicted octanol–water partition coefficient (Wildman–Crippen LogP) is 2.38. The average Bonchev–Trinajstić information content (AvgIpc) is 2.98. The third-order valence-electron chi connectivity index (χ3n) is 3.00. The van der Waals surface area contributed by atoms with E-state index in [2.05, 4.69) is 0 Å². The van der Waals surface area contributed by atoms with E-state index < -0.39 is 5.97 Å². The Balaban J connectivity index is 2.28. The summed E-state index contributed by atoms with van der Waals surface area (Å²) in [7, 11) is 0. The number of fused-ring (bicyclic) bond motifs is 1. The molecule has 0 spiro atoms. The summed E-state index contributed by atoms with van der Waals surface area (Å²) < 4.78 is 2.04. The van der Waals surface area contributed by atoms with Crippen LogP contribution in [-0.2, 0) is 0 Å². The molecule has 0 saturated heterocycles. The molecule has 2 N–H and O–H groups in total. The fraction of sp³-hybridized carbons (Fsp3) is 0.250. The lowest BCUT2D eigenvalue weighted by molar-refractivity contribution is 0.0696. The smallest absolute Gasteiger partial charge is 0.335 e. The number of phenols is 1. The second-order valence-electron chi connectivity index (χ2n) is 4.19. The largest absolute Gasteiger partial charge is 0.507 e.